The number of halogens is 1. The molecule has 1 aromatic heterocycles. The molecule has 2 nitrogen and oxygen atoms in total. The summed E-state index contributed by atoms with van der Waals surface area (Å²) in [6, 6.07) is 7.59. The highest BCUT2D eigenvalue weighted by Crippen LogP contribution is 2.21. The summed E-state index contributed by atoms with van der Waals surface area (Å²) in [5.41, 5.74) is 0.941. The predicted octanol–water partition coefficient (Wildman–Crippen LogP) is 2.55. The molecule has 12 heavy (non-hydrogen) atoms. The highest BCUT2D eigenvalue weighted by Gasteiger charge is 1.98. The highest BCUT2D eigenvalue weighted by molar-refractivity contribution is 14.1. The Hall–Kier alpha value is -0.840. The van der Waals surface area contributed by atoms with E-state index >= 15 is 0 Å². The lowest BCUT2D eigenvalue weighted by atomic mass is 10.2. The fourth-order valence-corrected chi connectivity index (χ4v) is 1.77. The van der Waals surface area contributed by atoms with E-state index in [0.717, 1.165) is 14.5 Å². The first-order valence-corrected chi connectivity index (χ1v) is 4.58. The van der Waals surface area contributed by atoms with Crippen molar-refractivity contribution in [2.24, 2.45) is 0 Å². The molecule has 0 fully saturated rings. The second kappa shape index (κ2) is 2.90. The summed E-state index contributed by atoms with van der Waals surface area (Å²) in [5.74, 6) is 0.213. The first-order valence-electron chi connectivity index (χ1n) is 3.50. The van der Waals surface area contributed by atoms with E-state index in [4.69, 9.17) is 5.11 Å². The molecule has 0 radical (unpaired) electrons. The van der Waals surface area contributed by atoms with Crippen molar-refractivity contribution < 1.29 is 5.11 Å². The fourth-order valence-electron chi connectivity index (χ4n) is 1.11. The third kappa shape index (κ3) is 1.24. The monoisotopic (exact) mass is 271 g/mol. The Morgan fingerprint density at radius 1 is 1.33 bits per heavy atom. The number of hydrogen-bond donors (Lipinski definition) is 1. The van der Waals surface area contributed by atoms with Gasteiger partial charge in [0.25, 0.3) is 0 Å². The van der Waals surface area contributed by atoms with Gasteiger partial charge in [-0.2, -0.15) is 0 Å². The Morgan fingerprint density at radius 2 is 2.17 bits per heavy atom. The Balaban J connectivity index is 2.86. The van der Waals surface area contributed by atoms with Crippen LogP contribution in [-0.4, -0.2) is 10.1 Å². The zero-order chi connectivity index (χ0) is 8.55. The number of nitrogens with zero attached hydrogens (tertiary/aromatic N) is 1. The minimum atomic E-state index is 0.213. The van der Waals surface area contributed by atoms with Gasteiger partial charge >= 0.3 is 0 Å². The molecule has 3 heteroatoms. The third-order valence-electron chi connectivity index (χ3n) is 1.65. The van der Waals surface area contributed by atoms with Crippen LogP contribution in [-0.2, 0) is 0 Å². The van der Waals surface area contributed by atoms with Crippen LogP contribution in [0.3, 0.4) is 0 Å². The quantitative estimate of drug-likeness (QED) is 0.747. The van der Waals surface area contributed by atoms with Gasteiger partial charge in [-0.3, -0.25) is 4.98 Å². The van der Waals surface area contributed by atoms with Gasteiger partial charge in [0.2, 0.25) is 0 Å². The van der Waals surface area contributed by atoms with Crippen molar-refractivity contribution >= 4 is 33.5 Å². The molecule has 0 aliphatic rings. The lowest BCUT2D eigenvalue weighted by Gasteiger charge is -1.98. The molecule has 1 aromatic carbocycles. The van der Waals surface area contributed by atoms with Crippen LogP contribution in [0, 0.1) is 3.57 Å². The first kappa shape index (κ1) is 7.79. The molecule has 60 valence electrons. The van der Waals surface area contributed by atoms with Crippen LogP contribution in [0.2, 0.25) is 0 Å². The SMILES string of the molecule is Oc1cnc2c(I)cccc2c1. The molecule has 0 spiro atoms. The molecule has 0 bridgehead atoms. The van der Waals surface area contributed by atoms with Crippen molar-refractivity contribution in [1.29, 1.82) is 0 Å². The number of aromatic hydroxyl groups is 1. The van der Waals surface area contributed by atoms with Crippen LogP contribution >= 0.6 is 22.6 Å². The summed E-state index contributed by atoms with van der Waals surface area (Å²) in [7, 11) is 0. The van der Waals surface area contributed by atoms with Gasteiger partial charge in [0.05, 0.1) is 11.7 Å². The Morgan fingerprint density at radius 3 is 3.00 bits per heavy atom. The van der Waals surface area contributed by atoms with Crippen LogP contribution in [0.1, 0.15) is 0 Å². The lowest BCUT2D eigenvalue weighted by molar-refractivity contribution is 0.474. The van der Waals surface area contributed by atoms with Gasteiger partial charge in [0.1, 0.15) is 5.75 Å². The summed E-state index contributed by atoms with van der Waals surface area (Å²) in [4.78, 5) is 4.12. The van der Waals surface area contributed by atoms with Crippen LogP contribution in [0.15, 0.2) is 30.5 Å². The van der Waals surface area contributed by atoms with E-state index in [1.54, 1.807) is 6.07 Å². The number of pyridine rings is 1. The van der Waals surface area contributed by atoms with Gasteiger partial charge in [0, 0.05) is 8.96 Å². The Bertz CT molecular complexity index is 428. The van der Waals surface area contributed by atoms with Gasteiger partial charge in [-0.15, -0.1) is 0 Å². The van der Waals surface area contributed by atoms with Crippen molar-refractivity contribution in [3.63, 3.8) is 0 Å². The smallest absolute Gasteiger partial charge is 0.134 e. The molecule has 2 rings (SSSR count). The molecule has 0 saturated carbocycles. The number of fused-ring (bicyclic) bond motifs is 1. The van der Waals surface area contributed by atoms with Gasteiger partial charge < -0.3 is 5.11 Å². The normalized spacial score (nSPS) is 10.4. The fraction of sp³-hybridized carbons (Fsp3) is 0. The van der Waals surface area contributed by atoms with E-state index in [1.165, 1.54) is 6.20 Å². The largest absolute Gasteiger partial charge is 0.506 e. The summed E-state index contributed by atoms with van der Waals surface area (Å²) in [5, 5.41) is 10.1. The summed E-state index contributed by atoms with van der Waals surface area (Å²) < 4.78 is 1.10. The molecule has 1 heterocycles. The Labute approximate surface area is 83.4 Å². The second-order valence-corrected chi connectivity index (χ2v) is 3.67. The summed E-state index contributed by atoms with van der Waals surface area (Å²) >= 11 is 2.23. The molecule has 0 saturated heterocycles. The van der Waals surface area contributed by atoms with E-state index in [0.29, 0.717) is 0 Å². The zero-order valence-electron chi connectivity index (χ0n) is 6.16. The maximum atomic E-state index is 9.16. The van der Waals surface area contributed by atoms with Crippen molar-refractivity contribution in [1.82, 2.24) is 4.98 Å². The molecular formula is C9H6INO. The third-order valence-corrected chi connectivity index (χ3v) is 2.52. The molecule has 0 aliphatic heterocycles. The molecule has 0 unspecified atom stereocenters. The lowest BCUT2D eigenvalue weighted by Crippen LogP contribution is -1.81. The maximum absolute atomic E-state index is 9.16. The average Bonchev–Trinajstić information content (AvgIpc) is 2.04. The second-order valence-electron chi connectivity index (χ2n) is 2.51. The molecule has 0 aliphatic carbocycles. The first-order chi connectivity index (χ1) is 5.77. The van der Waals surface area contributed by atoms with E-state index < -0.39 is 0 Å². The van der Waals surface area contributed by atoms with E-state index in [-0.39, 0.29) is 5.75 Å². The highest BCUT2D eigenvalue weighted by atomic mass is 127. The van der Waals surface area contributed by atoms with Crippen molar-refractivity contribution in [3.8, 4) is 5.75 Å². The topological polar surface area (TPSA) is 33.1 Å². The zero-order valence-corrected chi connectivity index (χ0v) is 8.32. The van der Waals surface area contributed by atoms with Crippen molar-refractivity contribution in [3.05, 3.63) is 34.0 Å². The van der Waals surface area contributed by atoms with Gasteiger partial charge in [-0.1, -0.05) is 12.1 Å². The number of aromatic nitrogens is 1. The standard InChI is InChI=1S/C9H6INO/c10-8-3-1-2-6-4-7(12)5-11-9(6)8/h1-5,12H. The van der Waals surface area contributed by atoms with Crippen molar-refractivity contribution in [2.45, 2.75) is 0 Å². The molecule has 0 amide bonds. The molecule has 2 aromatic rings. The van der Waals surface area contributed by atoms with Crippen LogP contribution in [0.5, 0.6) is 5.75 Å². The van der Waals surface area contributed by atoms with Crippen LogP contribution in [0.25, 0.3) is 10.9 Å². The van der Waals surface area contributed by atoms with Gasteiger partial charge in [-0.05, 0) is 34.7 Å². The minimum Gasteiger partial charge on any atom is -0.506 e. The minimum absolute atomic E-state index is 0.213. The number of para-hydroxylation sites is 1. The number of benzene rings is 1. The Kier molecular flexibility index (Phi) is 1.88. The van der Waals surface area contributed by atoms with Crippen molar-refractivity contribution in [2.75, 3.05) is 0 Å². The molecule has 1 N–H and O–H groups in total. The summed E-state index contributed by atoms with van der Waals surface area (Å²) in [6.45, 7) is 0. The van der Waals surface area contributed by atoms with E-state index in [9.17, 15) is 0 Å². The average molecular weight is 271 g/mol. The molecular weight excluding hydrogens is 265 g/mol. The maximum Gasteiger partial charge on any atom is 0.134 e. The van der Waals surface area contributed by atoms with E-state index in [1.807, 2.05) is 18.2 Å². The van der Waals surface area contributed by atoms with Crippen LogP contribution in [0.4, 0.5) is 0 Å². The van der Waals surface area contributed by atoms with E-state index in [2.05, 4.69) is 27.6 Å². The van der Waals surface area contributed by atoms with Gasteiger partial charge in [0.15, 0.2) is 0 Å². The van der Waals surface area contributed by atoms with Crippen LogP contribution < -0.4 is 0 Å². The molecule has 0 atom stereocenters. The predicted molar refractivity (Wildman–Crippen MR) is 56.1 cm³/mol. The number of hydrogen-bond acceptors (Lipinski definition) is 2. The van der Waals surface area contributed by atoms with Gasteiger partial charge in [-0.25, -0.2) is 0 Å². The summed E-state index contributed by atoms with van der Waals surface area (Å²) in [6.07, 6.45) is 1.46. The number of rotatable bonds is 0.